The predicted molar refractivity (Wildman–Crippen MR) is 128 cm³/mol. The van der Waals surface area contributed by atoms with Gasteiger partial charge >= 0.3 is 0 Å². The van der Waals surface area contributed by atoms with Gasteiger partial charge in [-0.1, -0.05) is 6.07 Å². The van der Waals surface area contributed by atoms with Gasteiger partial charge in [0.1, 0.15) is 17.1 Å². The van der Waals surface area contributed by atoms with Gasteiger partial charge in [0, 0.05) is 51.8 Å². The first kappa shape index (κ1) is 20.3. The van der Waals surface area contributed by atoms with E-state index in [2.05, 4.69) is 16.4 Å². The highest BCUT2D eigenvalue weighted by Gasteiger charge is 2.23. The minimum absolute atomic E-state index is 0.181. The van der Waals surface area contributed by atoms with Crippen LogP contribution in [0.15, 0.2) is 53.1 Å². The zero-order valence-corrected chi connectivity index (χ0v) is 18.6. The van der Waals surface area contributed by atoms with Crippen molar-refractivity contribution < 1.29 is 13.9 Å². The highest BCUT2D eigenvalue weighted by Crippen LogP contribution is 2.41. The summed E-state index contributed by atoms with van der Waals surface area (Å²) in [6.07, 6.45) is 7.76. The molecule has 0 atom stereocenters. The molecule has 0 bridgehead atoms. The Morgan fingerprint density at radius 3 is 2.88 bits per heavy atom. The smallest absolute Gasteiger partial charge is 0.248 e. The number of pyridine rings is 1. The lowest BCUT2D eigenvalue weighted by Crippen LogP contribution is -2.08. The maximum absolute atomic E-state index is 12.8. The van der Waals surface area contributed by atoms with E-state index in [0.29, 0.717) is 0 Å². The quantitative estimate of drug-likeness (QED) is 0.394. The third kappa shape index (κ3) is 3.54. The second kappa shape index (κ2) is 8.15. The van der Waals surface area contributed by atoms with Crippen molar-refractivity contribution in [2.75, 3.05) is 12.4 Å². The summed E-state index contributed by atoms with van der Waals surface area (Å²) in [5.74, 6) is 1.67. The summed E-state index contributed by atoms with van der Waals surface area (Å²) in [6, 6.07) is 11.7. The highest BCUT2D eigenvalue weighted by atomic mass is 16.5. The molecule has 1 N–H and O–H groups in total. The van der Waals surface area contributed by atoms with Crippen LogP contribution >= 0.6 is 0 Å². The Balaban J connectivity index is 1.49. The first-order valence-electron chi connectivity index (χ1n) is 11.0. The van der Waals surface area contributed by atoms with Gasteiger partial charge in [-0.3, -0.25) is 9.78 Å². The number of allylic oxidation sites excluding steroid dienone is 1. The monoisotopic (exact) mass is 426 g/mol. The fourth-order valence-electron chi connectivity index (χ4n) is 4.70. The van der Waals surface area contributed by atoms with Crippen LogP contribution in [-0.2, 0) is 17.6 Å². The van der Waals surface area contributed by atoms with Crippen LogP contribution < -0.4 is 10.1 Å². The van der Waals surface area contributed by atoms with E-state index in [1.165, 1.54) is 18.4 Å². The molecular formula is C27H26N2O3. The van der Waals surface area contributed by atoms with Crippen LogP contribution in [0, 0.1) is 6.92 Å². The van der Waals surface area contributed by atoms with Gasteiger partial charge in [0.2, 0.25) is 5.91 Å². The average molecular weight is 427 g/mol. The minimum atomic E-state index is -0.181. The average Bonchev–Trinajstić information content (AvgIpc) is 3.18. The van der Waals surface area contributed by atoms with Gasteiger partial charge < -0.3 is 14.5 Å². The number of anilines is 1. The van der Waals surface area contributed by atoms with Crippen molar-refractivity contribution in [2.45, 2.75) is 39.5 Å². The van der Waals surface area contributed by atoms with Crippen molar-refractivity contribution in [2.24, 2.45) is 0 Å². The number of hydrogen-bond acceptors (Lipinski definition) is 4. The lowest BCUT2D eigenvalue weighted by Gasteiger charge is -2.13. The number of benzene rings is 2. The fraction of sp³-hybridized carbons (Fsp3) is 0.259. The van der Waals surface area contributed by atoms with Crippen LogP contribution in [0.3, 0.4) is 0 Å². The van der Waals surface area contributed by atoms with E-state index in [9.17, 15) is 4.79 Å². The summed E-state index contributed by atoms with van der Waals surface area (Å²) in [6.45, 7) is 3.97. The lowest BCUT2D eigenvalue weighted by molar-refractivity contribution is -0.111. The molecule has 5 nitrogen and oxygen atoms in total. The number of carbonyl (C=O) groups is 1. The topological polar surface area (TPSA) is 64.4 Å². The molecule has 5 rings (SSSR count). The van der Waals surface area contributed by atoms with Crippen LogP contribution in [-0.4, -0.2) is 18.0 Å². The number of aryl methyl sites for hydroxylation is 3. The summed E-state index contributed by atoms with van der Waals surface area (Å²) >= 11 is 0. The molecule has 0 saturated heterocycles. The fourth-order valence-corrected chi connectivity index (χ4v) is 4.70. The Morgan fingerprint density at radius 1 is 1.19 bits per heavy atom. The summed E-state index contributed by atoms with van der Waals surface area (Å²) in [4.78, 5) is 17.1. The Morgan fingerprint density at radius 2 is 2.03 bits per heavy atom. The number of aromatic nitrogens is 1. The van der Waals surface area contributed by atoms with E-state index < -0.39 is 0 Å². The molecule has 2 aromatic heterocycles. The van der Waals surface area contributed by atoms with E-state index in [1.807, 2.05) is 44.2 Å². The van der Waals surface area contributed by atoms with Gasteiger partial charge in [-0.05, 0) is 69.0 Å². The maximum atomic E-state index is 12.8. The standard InChI is InChI=1S/C27H26N2O3/c1-16(13-25(30)29-19-10-11-23-18(14-19)7-6-12-28-23)21-15-22-20-8-4-5-9-24(20)32-27(22)17(2)26(21)31-3/h6-7,10-15H,4-5,8-9H2,1-3H3,(H,29,30)/b16-13+. The molecule has 1 amide bonds. The van der Waals surface area contributed by atoms with E-state index in [-0.39, 0.29) is 5.91 Å². The molecular weight excluding hydrogens is 400 g/mol. The number of rotatable bonds is 4. The van der Waals surface area contributed by atoms with Crippen molar-refractivity contribution in [3.8, 4) is 5.75 Å². The summed E-state index contributed by atoms with van der Waals surface area (Å²) in [7, 11) is 1.66. The number of nitrogens with one attached hydrogen (secondary N) is 1. The number of fused-ring (bicyclic) bond motifs is 4. The normalized spacial score (nSPS) is 13.9. The zero-order valence-electron chi connectivity index (χ0n) is 18.6. The van der Waals surface area contributed by atoms with Gasteiger partial charge in [-0.25, -0.2) is 0 Å². The lowest BCUT2D eigenvalue weighted by atomic mass is 9.93. The van der Waals surface area contributed by atoms with Crippen LogP contribution in [0.5, 0.6) is 5.75 Å². The summed E-state index contributed by atoms with van der Waals surface area (Å²) in [5.41, 5.74) is 6.59. The third-order valence-corrected chi connectivity index (χ3v) is 6.27. The van der Waals surface area contributed by atoms with Gasteiger partial charge in [0.25, 0.3) is 0 Å². The van der Waals surface area contributed by atoms with Crippen molar-refractivity contribution in [1.82, 2.24) is 4.98 Å². The Bertz CT molecular complexity index is 1380. The molecule has 0 unspecified atom stereocenters. The highest BCUT2D eigenvalue weighted by molar-refractivity contribution is 6.05. The van der Waals surface area contributed by atoms with E-state index in [4.69, 9.17) is 9.15 Å². The molecule has 162 valence electrons. The number of furan rings is 1. The molecule has 0 radical (unpaired) electrons. The van der Waals surface area contributed by atoms with Crippen molar-refractivity contribution in [1.29, 1.82) is 0 Å². The minimum Gasteiger partial charge on any atom is -0.496 e. The first-order chi connectivity index (χ1) is 15.5. The number of carbonyl (C=O) groups excluding carboxylic acids is 1. The summed E-state index contributed by atoms with van der Waals surface area (Å²) < 4.78 is 12.0. The number of methoxy groups -OCH3 is 1. The number of ether oxygens (including phenoxy) is 1. The van der Waals surface area contributed by atoms with E-state index in [0.717, 1.165) is 68.6 Å². The number of nitrogens with zero attached hydrogens (tertiary/aromatic N) is 1. The third-order valence-electron chi connectivity index (χ3n) is 6.27. The van der Waals surface area contributed by atoms with Crippen molar-refractivity contribution in [3.05, 3.63) is 71.1 Å². The van der Waals surface area contributed by atoms with Gasteiger partial charge in [0.15, 0.2) is 0 Å². The molecule has 2 aromatic carbocycles. The molecule has 0 saturated carbocycles. The molecule has 1 aliphatic carbocycles. The van der Waals surface area contributed by atoms with E-state index >= 15 is 0 Å². The second-order valence-electron chi connectivity index (χ2n) is 8.40. The summed E-state index contributed by atoms with van der Waals surface area (Å²) in [5, 5.41) is 5.09. The second-order valence-corrected chi connectivity index (χ2v) is 8.40. The Kier molecular flexibility index (Phi) is 5.17. The molecule has 5 heteroatoms. The number of hydrogen-bond donors (Lipinski definition) is 1. The Hall–Kier alpha value is -3.60. The molecule has 2 heterocycles. The molecule has 0 aliphatic heterocycles. The van der Waals surface area contributed by atoms with Gasteiger partial charge in [-0.2, -0.15) is 0 Å². The molecule has 32 heavy (non-hydrogen) atoms. The maximum Gasteiger partial charge on any atom is 0.248 e. The first-order valence-corrected chi connectivity index (χ1v) is 11.0. The van der Waals surface area contributed by atoms with Crippen LogP contribution in [0.2, 0.25) is 0 Å². The van der Waals surface area contributed by atoms with Crippen LogP contribution in [0.1, 0.15) is 42.2 Å². The number of amides is 1. The Labute approximate surface area is 187 Å². The van der Waals surface area contributed by atoms with Gasteiger partial charge in [-0.15, -0.1) is 0 Å². The SMILES string of the molecule is COc1c(/C(C)=C/C(=O)Nc2ccc3ncccc3c2)cc2c3c(oc2c1C)CCCC3. The molecule has 0 spiro atoms. The van der Waals surface area contributed by atoms with E-state index in [1.54, 1.807) is 19.4 Å². The zero-order chi connectivity index (χ0) is 22.2. The van der Waals surface area contributed by atoms with Crippen LogP contribution in [0.4, 0.5) is 5.69 Å². The van der Waals surface area contributed by atoms with Crippen molar-refractivity contribution >= 4 is 39.0 Å². The molecule has 0 fully saturated rings. The predicted octanol–water partition coefficient (Wildman–Crippen LogP) is 6.22. The van der Waals surface area contributed by atoms with Gasteiger partial charge in [0.05, 0.1) is 12.6 Å². The van der Waals surface area contributed by atoms with Crippen molar-refractivity contribution in [3.63, 3.8) is 0 Å². The molecule has 1 aliphatic rings. The van der Waals surface area contributed by atoms with Crippen LogP contribution in [0.25, 0.3) is 27.4 Å². The largest absolute Gasteiger partial charge is 0.496 e. The molecule has 4 aromatic rings.